The molecule has 1 rings (SSSR count). The minimum atomic E-state index is -0.431. The highest BCUT2D eigenvalue weighted by atomic mass is 19.1. The van der Waals surface area contributed by atoms with Gasteiger partial charge in [0.15, 0.2) is 0 Å². The molecule has 0 saturated carbocycles. The Hall–Kier alpha value is -0.970. The van der Waals surface area contributed by atoms with Crippen LogP contribution in [0.25, 0.3) is 0 Å². The smallest absolute Gasteiger partial charge is 0.128 e. The van der Waals surface area contributed by atoms with Crippen LogP contribution >= 0.6 is 0 Å². The van der Waals surface area contributed by atoms with Crippen LogP contribution in [0.5, 0.6) is 0 Å². The first-order valence-corrected chi connectivity index (χ1v) is 3.53. The second kappa shape index (κ2) is 4.15. The number of benzene rings is 1. The van der Waals surface area contributed by atoms with Crippen LogP contribution in [-0.4, -0.2) is 10.3 Å². The van der Waals surface area contributed by atoms with E-state index in [1.807, 2.05) is 5.48 Å². The Kier molecular flexibility index (Phi) is 3.16. The maximum Gasteiger partial charge on any atom is 0.128 e. The van der Waals surface area contributed by atoms with E-state index < -0.39 is 5.82 Å². The minimum Gasteiger partial charge on any atom is -0.392 e. The molecule has 0 saturated heterocycles. The summed E-state index contributed by atoms with van der Waals surface area (Å²) in [5.74, 6) is -0.431. The number of aliphatic hydroxyl groups is 1. The molecule has 0 spiro atoms. The molecule has 0 unspecified atom stereocenters. The van der Waals surface area contributed by atoms with E-state index in [1.165, 1.54) is 18.2 Å². The number of aliphatic hydroxyl groups excluding tert-OH is 1. The van der Waals surface area contributed by atoms with Crippen LogP contribution in [0.4, 0.5) is 4.39 Å². The molecule has 1 aromatic carbocycles. The largest absolute Gasteiger partial charge is 0.392 e. The van der Waals surface area contributed by atoms with E-state index in [-0.39, 0.29) is 18.7 Å². The molecule has 0 aromatic heterocycles. The third kappa shape index (κ3) is 2.01. The van der Waals surface area contributed by atoms with Crippen LogP contribution in [-0.2, 0) is 13.2 Å². The first-order chi connectivity index (χ1) is 5.77. The van der Waals surface area contributed by atoms with Crippen LogP contribution in [0.2, 0.25) is 0 Å². The van der Waals surface area contributed by atoms with Gasteiger partial charge in [-0.25, -0.2) is 9.87 Å². The zero-order chi connectivity index (χ0) is 8.97. The third-order valence-corrected chi connectivity index (χ3v) is 1.56. The normalized spacial score (nSPS) is 10.2. The number of hydrogen-bond acceptors (Lipinski definition) is 3. The van der Waals surface area contributed by atoms with Crippen LogP contribution < -0.4 is 5.48 Å². The Morgan fingerprint density at radius 1 is 1.42 bits per heavy atom. The minimum absolute atomic E-state index is 0.239. The maximum absolute atomic E-state index is 12.8. The maximum atomic E-state index is 12.8. The highest BCUT2D eigenvalue weighted by Crippen LogP contribution is 2.10. The van der Waals surface area contributed by atoms with Gasteiger partial charge in [-0.15, -0.1) is 0 Å². The van der Waals surface area contributed by atoms with Gasteiger partial charge >= 0.3 is 0 Å². The van der Waals surface area contributed by atoms with Crippen molar-refractivity contribution in [3.05, 3.63) is 35.1 Å². The van der Waals surface area contributed by atoms with Crippen molar-refractivity contribution < 1.29 is 14.7 Å². The first kappa shape index (κ1) is 9.12. The van der Waals surface area contributed by atoms with Gasteiger partial charge in [0, 0.05) is 12.1 Å². The summed E-state index contributed by atoms with van der Waals surface area (Å²) in [4.78, 5) is 0. The molecule has 0 aliphatic heterocycles. The summed E-state index contributed by atoms with van der Waals surface area (Å²) < 4.78 is 12.8. The summed E-state index contributed by atoms with van der Waals surface area (Å²) in [5.41, 5.74) is 2.91. The van der Waals surface area contributed by atoms with Crippen LogP contribution in [0.1, 0.15) is 11.1 Å². The molecule has 0 radical (unpaired) electrons. The summed E-state index contributed by atoms with van der Waals surface area (Å²) in [7, 11) is 0. The summed E-state index contributed by atoms with van der Waals surface area (Å²) >= 11 is 0. The second-order valence-electron chi connectivity index (χ2n) is 2.42. The number of halogens is 1. The lowest BCUT2D eigenvalue weighted by atomic mass is 10.1. The third-order valence-electron chi connectivity index (χ3n) is 1.56. The molecule has 3 nitrogen and oxygen atoms in total. The molecule has 0 amide bonds. The predicted molar refractivity (Wildman–Crippen MR) is 40.9 cm³/mol. The van der Waals surface area contributed by atoms with Gasteiger partial charge in [-0.1, -0.05) is 6.07 Å². The topological polar surface area (TPSA) is 52.5 Å². The van der Waals surface area contributed by atoms with Crippen LogP contribution in [0, 0.1) is 5.82 Å². The number of rotatable bonds is 3. The lowest BCUT2D eigenvalue weighted by Gasteiger charge is -2.02. The van der Waals surface area contributed by atoms with Crippen LogP contribution in [0.15, 0.2) is 18.2 Å². The Morgan fingerprint density at radius 2 is 2.17 bits per heavy atom. The van der Waals surface area contributed by atoms with Crippen molar-refractivity contribution in [1.82, 2.24) is 5.48 Å². The van der Waals surface area contributed by atoms with Gasteiger partial charge in [0.1, 0.15) is 5.82 Å². The van der Waals surface area contributed by atoms with E-state index in [0.29, 0.717) is 0 Å². The fraction of sp³-hybridized carbons (Fsp3) is 0.250. The van der Waals surface area contributed by atoms with E-state index in [4.69, 9.17) is 10.3 Å². The Bertz CT molecular complexity index is 265. The van der Waals surface area contributed by atoms with Crippen molar-refractivity contribution in [2.75, 3.05) is 0 Å². The Balaban J connectivity index is 2.89. The van der Waals surface area contributed by atoms with Gasteiger partial charge < -0.3 is 10.3 Å². The molecule has 0 aliphatic carbocycles. The fourth-order valence-electron chi connectivity index (χ4n) is 0.950. The zero-order valence-electron chi connectivity index (χ0n) is 6.42. The molecule has 0 bridgehead atoms. The SMILES string of the molecule is OCc1cc(CNO)ccc1F. The number of hydroxylamine groups is 1. The second-order valence-corrected chi connectivity index (χ2v) is 2.42. The monoisotopic (exact) mass is 171 g/mol. The van der Waals surface area contributed by atoms with Gasteiger partial charge in [0.25, 0.3) is 0 Å². The zero-order valence-corrected chi connectivity index (χ0v) is 6.42. The van der Waals surface area contributed by atoms with E-state index in [9.17, 15) is 4.39 Å². The molecular formula is C8H10FNO2. The van der Waals surface area contributed by atoms with Gasteiger partial charge in [0.05, 0.1) is 6.61 Å². The fourth-order valence-corrected chi connectivity index (χ4v) is 0.950. The van der Waals surface area contributed by atoms with Crippen molar-refractivity contribution in [3.63, 3.8) is 0 Å². The molecular weight excluding hydrogens is 161 g/mol. The molecule has 3 N–H and O–H groups in total. The highest BCUT2D eigenvalue weighted by Gasteiger charge is 2.01. The first-order valence-electron chi connectivity index (χ1n) is 3.53. The Morgan fingerprint density at radius 3 is 2.75 bits per heavy atom. The van der Waals surface area contributed by atoms with Gasteiger partial charge in [-0.05, 0) is 17.7 Å². The summed E-state index contributed by atoms with van der Waals surface area (Å²) in [6, 6.07) is 4.30. The van der Waals surface area contributed by atoms with E-state index in [1.54, 1.807) is 0 Å². The molecule has 0 fully saturated rings. The van der Waals surface area contributed by atoms with Crippen molar-refractivity contribution in [1.29, 1.82) is 0 Å². The Labute approximate surface area is 69.4 Å². The lowest BCUT2D eigenvalue weighted by molar-refractivity contribution is 0.161. The van der Waals surface area contributed by atoms with Crippen LogP contribution in [0.3, 0.4) is 0 Å². The summed E-state index contributed by atoms with van der Waals surface area (Å²) in [5, 5.41) is 17.0. The van der Waals surface area contributed by atoms with E-state index in [0.717, 1.165) is 5.56 Å². The van der Waals surface area contributed by atoms with Crippen molar-refractivity contribution >= 4 is 0 Å². The number of hydrogen-bond donors (Lipinski definition) is 3. The standard InChI is InChI=1S/C8H10FNO2/c9-8-2-1-6(4-10-12)3-7(8)5-11/h1-3,10-12H,4-5H2. The quantitative estimate of drug-likeness (QED) is 0.589. The molecule has 12 heavy (non-hydrogen) atoms. The van der Waals surface area contributed by atoms with Crippen molar-refractivity contribution in [3.8, 4) is 0 Å². The summed E-state index contributed by atoms with van der Waals surface area (Å²) in [6.07, 6.45) is 0. The van der Waals surface area contributed by atoms with Gasteiger partial charge in [0.2, 0.25) is 0 Å². The average molecular weight is 171 g/mol. The molecule has 0 heterocycles. The molecule has 4 heteroatoms. The molecule has 66 valence electrons. The van der Waals surface area contributed by atoms with Crippen molar-refractivity contribution in [2.24, 2.45) is 0 Å². The van der Waals surface area contributed by atoms with E-state index in [2.05, 4.69) is 0 Å². The molecule has 0 atom stereocenters. The van der Waals surface area contributed by atoms with Gasteiger partial charge in [-0.3, -0.25) is 0 Å². The van der Waals surface area contributed by atoms with Gasteiger partial charge in [-0.2, -0.15) is 0 Å². The summed E-state index contributed by atoms with van der Waals surface area (Å²) in [6.45, 7) is -0.0849. The lowest BCUT2D eigenvalue weighted by Crippen LogP contribution is -2.06. The van der Waals surface area contributed by atoms with Crippen molar-refractivity contribution in [2.45, 2.75) is 13.2 Å². The van der Waals surface area contributed by atoms with E-state index >= 15 is 0 Å². The predicted octanol–water partition coefficient (Wildman–Crippen LogP) is 0.797. The molecule has 1 aromatic rings. The highest BCUT2D eigenvalue weighted by molar-refractivity contribution is 5.24. The number of nitrogens with one attached hydrogen (secondary N) is 1. The molecule has 0 aliphatic rings. The average Bonchev–Trinajstić information content (AvgIpc) is 2.09.